The van der Waals surface area contributed by atoms with Crippen LogP contribution in [0.3, 0.4) is 0 Å². The van der Waals surface area contributed by atoms with Crippen LogP contribution in [0.1, 0.15) is 94.1 Å². The number of nitrogens with zero attached hydrogens (tertiary/aromatic N) is 1. The SMILES string of the molecule is CCCCCCCCN(CCCCCCC)C(=O)c1cccs1. The van der Waals surface area contributed by atoms with E-state index >= 15 is 0 Å². The monoisotopic (exact) mass is 337 g/mol. The van der Waals surface area contributed by atoms with Gasteiger partial charge in [-0.1, -0.05) is 77.7 Å². The fourth-order valence-corrected chi connectivity index (χ4v) is 3.55. The second-order valence-corrected chi connectivity index (χ2v) is 7.40. The van der Waals surface area contributed by atoms with Gasteiger partial charge >= 0.3 is 0 Å². The summed E-state index contributed by atoms with van der Waals surface area (Å²) >= 11 is 1.57. The number of hydrogen-bond acceptors (Lipinski definition) is 2. The van der Waals surface area contributed by atoms with Gasteiger partial charge in [0.2, 0.25) is 0 Å². The van der Waals surface area contributed by atoms with Gasteiger partial charge in [-0.15, -0.1) is 11.3 Å². The summed E-state index contributed by atoms with van der Waals surface area (Å²) in [6, 6.07) is 3.93. The molecular weight excluding hydrogens is 302 g/mol. The predicted molar refractivity (Wildman–Crippen MR) is 102 cm³/mol. The summed E-state index contributed by atoms with van der Waals surface area (Å²) in [7, 11) is 0. The first-order chi connectivity index (χ1) is 11.3. The molecule has 1 rings (SSSR count). The molecule has 0 atom stereocenters. The molecule has 0 aliphatic rings. The van der Waals surface area contributed by atoms with E-state index in [9.17, 15) is 4.79 Å². The van der Waals surface area contributed by atoms with Crippen LogP contribution >= 0.6 is 11.3 Å². The number of rotatable bonds is 14. The summed E-state index contributed by atoms with van der Waals surface area (Å²) in [6.45, 7) is 6.34. The molecule has 0 aliphatic heterocycles. The Morgan fingerprint density at radius 3 is 1.87 bits per heavy atom. The molecule has 0 N–H and O–H groups in total. The molecular formula is C20H35NOS. The average molecular weight is 338 g/mol. The molecule has 1 aromatic heterocycles. The van der Waals surface area contributed by atoms with Crippen LogP contribution in [-0.2, 0) is 0 Å². The zero-order valence-electron chi connectivity index (χ0n) is 15.2. The molecule has 3 heteroatoms. The Hall–Kier alpha value is -0.830. The number of unbranched alkanes of at least 4 members (excludes halogenated alkanes) is 9. The van der Waals surface area contributed by atoms with Crippen molar-refractivity contribution in [3.05, 3.63) is 22.4 Å². The molecule has 1 aromatic rings. The molecule has 0 aromatic carbocycles. The molecule has 0 saturated carbocycles. The van der Waals surface area contributed by atoms with Crippen molar-refractivity contribution in [3.8, 4) is 0 Å². The van der Waals surface area contributed by atoms with Gasteiger partial charge in [-0.05, 0) is 24.3 Å². The first-order valence-electron chi connectivity index (χ1n) is 9.62. The van der Waals surface area contributed by atoms with E-state index in [0.29, 0.717) is 0 Å². The highest BCUT2D eigenvalue weighted by Gasteiger charge is 2.15. The van der Waals surface area contributed by atoms with Crippen molar-refractivity contribution in [2.75, 3.05) is 13.1 Å². The van der Waals surface area contributed by atoms with Crippen LogP contribution in [0.4, 0.5) is 0 Å². The van der Waals surface area contributed by atoms with Gasteiger partial charge in [0, 0.05) is 13.1 Å². The number of carbonyl (C=O) groups excluding carboxylic acids is 1. The molecule has 132 valence electrons. The normalized spacial score (nSPS) is 10.9. The van der Waals surface area contributed by atoms with E-state index in [-0.39, 0.29) is 5.91 Å². The summed E-state index contributed by atoms with van der Waals surface area (Å²) in [5.41, 5.74) is 0. The molecule has 0 radical (unpaired) electrons. The van der Waals surface area contributed by atoms with Crippen molar-refractivity contribution in [2.24, 2.45) is 0 Å². The van der Waals surface area contributed by atoms with Gasteiger partial charge in [-0.25, -0.2) is 0 Å². The third-order valence-corrected chi connectivity index (χ3v) is 5.19. The molecule has 0 unspecified atom stereocenters. The first kappa shape index (κ1) is 20.2. The number of hydrogen-bond donors (Lipinski definition) is 0. The Morgan fingerprint density at radius 2 is 1.39 bits per heavy atom. The van der Waals surface area contributed by atoms with Crippen molar-refractivity contribution in [1.82, 2.24) is 4.90 Å². The summed E-state index contributed by atoms with van der Waals surface area (Å²) in [5, 5.41) is 2.00. The number of thiophene rings is 1. The minimum absolute atomic E-state index is 0.240. The number of amides is 1. The highest BCUT2D eigenvalue weighted by molar-refractivity contribution is 7.12. The van der Waals surface area contributed by atoms with Crippen molar-refractivity contribution in [2.45, 2.75) is 84.5 Å². The molecule has 0 bridgehead atoms. The van der Waals surface area contributed by atoms with Crippen LogP contribution in [0.25, 0.3) is 0 Å². The molecule has 0 aliphatic carbocycles. The Balaban J connectivity index is 2.34. The molecule has 0 fully saturated rings. The summed E-state index contributed by atoms with van der Waals surface area (Å²) in [6.07, 6.45) is 14.0. The molecule has 1 amide bonds. The molecule has 1 heterocycles. The van der Waals surface area contributed by atoms with Gasteiger partial charge in [0.1, 0.15) is 0 Å². The van der Waals surface area contributed by atoms with E-state index < -0.39 is 0 Å². The topological polar surface area (TPSA) is 20.3 Å². The largest absolute Gasteiger partial charge is 0.338 e. The van der Waals surface area contributed by atoms with Crippen LogP contribution in [0, 0.1) is 0 Å². The molecule has 0 spiro atoms. The van der Waals surface area contributed by atoms with Crippen LogP contribution in [-0.4, -0.2) is 23.9 Å². The Morgan fingerprint density at radius 1 is 0.870 bits per heavy atom. The lowest BCUT2D eigenvalue weighted by molar-refractivity contribution is 0.0754. The summed E-state index contributed by atoms with van der Waals surface area (Å²) in [5.74, 6) is 0.240. The Labute approximate surface area is 147 Å². The van der Waals surface area contributed by atoms with Crippen LogP contribution in [0.5, 0.6) is 0 Å². The third-order valence-electron chi connectivity index (χ3n) is 4.33. The molecule has 2 nitrogen and oxygen atoms in total. The zero-order valence-corrected chi connectivity index (χ0v) is 16.0. The molecule has 0 saturated heterocycles. The minimum Gasteiger partial charge on any atom is -0.338 e. The van der Waals surface area contributed by atoms with Gasteiger partial charge in [0.25, 0.3) is 5.91 Å². The van der Waals surface area contributed by atoms with E-state index in [1.165, 1.54) is 57.8 Å². The Bertz CT molecular complexity index is 388. The fourth-order valence-electron chi connectivity index (χ4n) is 2.86. The quantitative estimate of drug-likeness (QED) is 0.354. The van der Waals surface area contributed by atoms with Crippen molar-refractivity contribution >= 4 is 17.2 Å². The highest BCUT2D eigenvalue weighted by Crippen LogP contribution is 2.15. The van der Waals surface area contributed by atoms with Crippen molar-refractivity contribution in [3.63, 3.8) is 0 Å². The van der Waals surface area contributed by atoms with Gasteiger partial charge < -0.3 is 4.90 Å². The summed E-state index contributed by atoms with van der Waals surface area (Å²) in [4.78, 5) is 15.6. The summed E-state index contributed by atoms with van der Waals surface area (Å²) < 4.78 is 0. The van der Waals surface area contributed by atoms with E-state index in [4.69, 9.17) is 0 Å². The van der Waals surface area contributed by atoms with Crippen LogP contribution in [0.2, 0.25) is 0 Å². The lowest BCUT2D eigenvalue weighted by atomic mass is 10.1. The lowest BCUT2D eigenvalue weighted by Crippen LogP contribution is -2.32. The lowest BCUT2D eigenvalue weighted by Gasteiger charge is -2.22. The molecule has 23 heavy (non-hydrogen) atoms. The zero-order chi connectivity index (χ0) is 16.8. The van der Waals surface area contributed by atoms with Crippen LogP contribution in [0.15, 0.2) is 17.5 Å². The van der Waals surface area contributed by atoms with Crippen LogP contribution < -0.4 is 0 Å². The van der Waals surface area contributed by atoms with Gasteiger partial charge in [0.05, 0.1) is 4.88 Å². The first-order valence-corrected chi connectivity index (χ1v) is 10.5. The smallest absolute Gasteiger partial charge is 0.263 e. The van der Waals surface area contributed by atoms with E-state index in [0.717, 1.165) is 30.8 Å². The van der Waals surface area contributed by atoms with Gasteiger partial charge in [-0.2, -0.15) is 0 Å². The third kappa shape index (κ3) is 9.14. The predicted octanol–water partition coefficient (Wildman–Crippen LogP) is 6.52. The number of carbonyl (C=O) groups is 1. The van der Waals surface area contributed by atoms with E-state index in [1.54, 1.807) is 11.3 Å². The van der Waals surface area contributed by atoms with Gasteiger partial charge in [-0.3, -0.25) is 4.79 Å². The second-order valence-electron chi connectivity index (χ2n) is 6.45. The second kappa shape index (κ2) is 13.6. The average Bonchev–Trinajstić information content (AvgIpc) is 3.09. The standard InChI is InChI=1S/C20H35NOS/c1-3-5-7-9-11-13-17-21(16-12-10-8-6-4-2)20(22)19-15-14-18-23-19/h14-15,18H,3-13,16-17H2,1-2H3. The van der Waals surface area contributed by atoms with E-state index in [1.807, 2.05) is 17.5 Å². The van der Waals surface area contributed by atoms with Crippen molar-refractivity contribution in [1.29, 1.82) is 0 Å². The van der Waals surface area contributed by atoms with E-state index in [2.05, 4.69) is 18.7 Å². The van der Waals surface area contributed by atoms with Gasteiger partial charge in [0.15, 0.2) is 0 Å². The maximum absolute atomic E-state index is 12.6. The Kier molecular flexibility index (Phi) is 11.9. The fraction of sp³-hybridized carbons (Fsp3) is 0.750. The van der Waals surface area contributed by atoms with Crippen molar-refractivity contribution < 1.29 is 4.79 Å². The maximum atomic E-state index is 12.6. The maximum Gasteiger partial charge on any atom is 0.263 e. The minimum atomic E-state index is 0.240. The highest BCUT2D eigenvalue weighted by atomic mass is 32.1.